The van der Waals surface area contributed by atoms with Gasteiger partial charge in [-0.25, -0.2) is 0 Å². The fourth-order valence-corrected chi connectivity index (χ4v) is 2.13. The van der Waals surface area contributed by atoms with E-state index in [1.54, 1.807) is 0 Å². The van der Waals surface area contributed by atoms with Crippen LogP contribution in [0.25, 0.3) is 0 Å². The van der Waals surface area contributed by atoms with Gasteiger partial charge in [0.15, 0.2) is 0 Å². The Bertz CT molecular complexity index is 402. The van der Waals surface area contributed by atoms with E-state index in [1.807, 2.05) is 12.1 Å². The quantitative estimate of drug-likeness (QED) is 0.561. The van der Waals surface area contributed by atoms with E-state index in [0.29, 0.717) is 0 Å². The molecule has 0 saturated carbocycles. The molecule has 0 aliphatic rings. The van der Waals surface area contributed by atoms with E-state index in [2.05, 4.69) is 64.5 Å². The third-order valence-electron chi connectivity index (χ3n) is 2.77. The maximum Gasteiger partial charge on any atom is 0.108 e. The summed E-state index contributed by atoms with van der Waals surface area (Å²) < 4.78 is 6.02. The minimum atomic E-state index is 0.0337. The Balaban J connectivity index is 2.18. The number of halogens is 1. The van der Waals surface area contributed by atoms with Crippen molar-refractivity contribution in [1.82, 2.24) is 0 Å². The minimum Gasteiger partial charge on any atom is -0.369 e. The molecule has 0 radical (unpaired) electrons. The third kappa shape index (κ3) is 3.69. The van der Waals surface area contributed by atoms with Crippen LogP contribution < -0.4 is 0 Å². The first kappa shape index (κ1) is 13.3. The van der Waals surface area contributed by atoms with Crippen molar-refractivity contribution in [1.29, 1.82) is 0 Å². The SMILES string of the molecule is BrCCCOC(c1ccccc1)c1ccccc1. The van der Waals surface area contributed by atoms with Gasteiger partial charge in [0.05, 0.1) is 0 Å². The van der Waals surface area contributed by atoms with Gasteiger partial charge < -0.3 is 4.74 Å². The van der Waals surface area contributed by atoms with Crippen molar-refractivity contribution in [3.05, 3.63) is 71.8 Å². The molecule has 0 unspecified atom stereocenters. The molecule has 0 aliphatic carbocycles. The molecule has 0 heterocycles. The van der Waals surface area contributed by atoms with Crippen molar-refractivity contribution in [2.45, 2.75) is 12.5 Å². The smallest absolute Gasteiger partial charge is 0.108 e. The van der Waals surface area contributed by atoms with Crippen LogP contribution in [0, 0.1) is 0 Å². The zero-order valence-corrected chi connectivity index (χ0v) is 11.8. The van der Waals surface area contributed by atoms with Gasteiger partial charge in [-0.3, -0.25) is 0 Å². The van der Waals surface area contributed by atoms with Crippen molar-refractivity contribution in [3.63, 3.8) is 0 Å². The Morgan fingerprint density at radius 1 is 0.833 bits per heavy atom. The molecule has 0 atom stereocenters. The molecule has 18 heavy (non-hydrogen) atoms. The first-order chi connectivity index (χ1) is 8.92. The summed E-state index contributed by atoms with van der Waals surface area (Å²) in [7, 11) is 0. The topological polar surface area (TPSA) is 9.23 Å². The van der Waals surface area contributed by atoms with Crippen LogP contribution in [-0.4, -0.2) is 11.9 Å². The summed E-state index contributed by atoms with van der Waals surface area (Å²) in [5, 5.41) is 0.975. The summed E-state index contributed by atoms with van der Waals surface area (Å²) in [6.45, 7) is 0.764. The van der Waals surface area contributed by atoms with Gasteiger partial charge >= 0.3 is 0 Å². The van der Waals surface area contributed by atoms with E-state index in [4.69, 9.17) is 4.74 Å². The average Bonchev–Trinajstić information content (AvgIpc) is 2.46. The molecule has 94 valence electrons. The molecule has 0 saturated heterocycles. The lowest BCUT2D eigenvalue weighted by Crippen LogP contribution is -2.07. The lowest BCUT2D eigenvalue weighted by atomic mass is 10.0. The van der Waals surface area contributed by atoms with Crippen LogP contribution in [-0.2, 0) is 4.74 Å². The largest absolute Gasteiger partial charge is 0.369 e. The van der Waals surface area contributed by atoms with Gasteiger partial charge in [-0.2, -0.15) is 0 Å². The van der Waals surface area contributed by atoms with Crippen molar-refractivity contribution >= 4 is 15.9 Å². The molecule has 0 spiro atoms. The van der Waals surface area contributed by atoms with E-state index in [0.717, 1.165) is 18.4 Å². The number of alkyl halides is 1. The summed E-state index contributed by atoms with van der Waals surface area (Å²) in [5.41, 5.74) is 2.41. The summed E-state index contributed by atoms with van der Waals surface area (Å²) in [5.74, 6) is 0. The van der Waals surface area contributed by atoms with Gasteiger partial charge in [0.25, 0.3) is 0 Å². The van der Waals surface area contributed by atoms with Crippen LogP contribution in [0.1, 0.15) is 23.7 Å². The fraction of sp³-hybridized carbons (Fsp3) is 0.250. The number of ether oxygens (including phenoxy) is 1. The highest BCUT2D eigenvalue weighted by Crippen LogP contribution is 2.25. The molecular formula is C16H17BrO. The van der Waals surface area contributed by atoms with Gasteiger partial charge in [-0.05, 0) is 17.5 Å². The predicted molar refractivity (Wildman–Crippen MR) is 79.1 cm³/mol. The van der Waals surface area contributed by atoms with Gasteiger partial charge in [0.2, 0.25) is 0 Å². The third-order valence-corrected chi connectivity index (χ3v) is 3.33. The van der Waals surface area contributed by atoms with Crippen LogP contribution in [0.5, 0.6) is 0 Å². The molecule has 0 N–H and O–H groups in total. The number of hydrogen-bond donors (Lipinski definition) is 0. The van der Waals surface area contributed by atoms with Gasteiger partial charge in [-0.1, -0.05) is 76.6 Å². The van der Waals surface area contributed by atoms with Crippen molar-refractivity contribution in [2.24, 2.45) is 0 Å². The average molecular weight is 305 g/mol. The molecule has 2 aromatic carbocycles. The first-order valence-electron chi connectivity index (χ1n) is 6.19. The standard InChI is InChI=1S/C16H17BrO/c17-12-7-13-18-16(14-8-3-1-4-9-14)15-10-5-2-6-11-15/h1-6,8-11,16H,7,12-13H2. The van der Waals surface area contributed by atoms with Gasteiger partial charge in [0, 0.05) is 11.9 Å². The van der Waals surface area contributed by atoms with E-state index in [-0.39, 0.29) is 6.10 Å². The Hall–Kier alpha value is -1.12. The Labute approximate surface area is 117 Å². The zero-order valence-electron chi connectivity index (χ0n) is 10.3. The molecule has 2 rings (SSSR count). The molecule has 2 aromatic rings. The second-order valence-corrected chi connectivity index (χ2v) is 4.91. The zero-order chi connectivity index (χ0) is 12.6. The van der Waals surface area contributed by atoms with E-state index in [1.165, 1.54) is 11.1 Å². The van der Waals surface area contributed by atoms with Gasteiger partial charge in [0.1, 0.15) is 6.10 Å². The molecule has 0 fully saturated rings. The summed E-state index contributed by atoms with van der Waals surface area (Å²) >= 11 is 3.43. The maximum atomic E-state index is 6.02. The molecule has 0 aromatic heterocycles. The summed E-state index contributed by atoms with van der Waals surface area (Å²) in [6.07, 6.45) is 1.06. The Kier molecular flexibility index (Phi) is 5.43. The van der Waals surface area contributed by atoms with Crippen LogP contribution in [0.4, 0.5) is 0 Å². The fourth-order valence-electron chi connectivity index (χ4n) is 1.90. The number of rotatable bonds is 6. The van der Waals surface area contributed by atoms with Crippen LogP contribution in [0.15, 0.2) is 60.7 Å². The molecule has 0 aliphatic heterocycles. The van der Waals surface area contributed by atoms with Crippen molar-refractivity contribution < 1.29 is 4.74 Å². The maximum absolute atomic E-state index is 6.02. The summed E-state index contributed by atoms with van der Waals surface area (Å²) in [6, 6.07) is 20.7. The Morgan fingerprint density at radius 3 is 1.78 bits per heavy atom. The Morgan fingerprint density at radius 2 is 1.33 bits per heavy atom. The molecular weight excluding hydrogens is 288 g/mol. The highest BCUT2D eigenvalue weighted by atomic mass is 79.9. The summed E-state index contributed by atoms with van der Waals surface area (Å²) in [4.78, 5) is 0. The predicted octanol–water partition coefficient (Wildman–Crippen LogP) is 4.58. The van der Waals surface area contributed by atoms with Gasteiger partial charge in [-0.15, -0.1) is 0 Å². The highest BCUT2D eigenvalue weighted by Gasteiger charge is 2.13. The number of hydrogen-bond acceptors (Lipinski definition) is 1. The normalized spacial score (nSPS) is 10.8. The van der Waals surface area contributed by atoms with Crippen molar-refractivity contribution in [3.8, 4) is 0 Å². The van der Waals surface area contributed by atoms with E-state index < -0.39 is 0 Å². The molecule has 0 bridgehead atoms. The van der Waals surface area contributed by atoms with E-state index in [9.17, 15) is 0 Å². The highest BCUT2D eigenvalue weighted by molar-refractivity contribution is 9.09. The van der Waals surface area contributed by atoms with Crippen LogP contribution in [0.2, 0.25) is 0 Å². The molecule has 0 amide bonds. The van der Waals surface area contributed by atoms with Crippen molar-refractivity contribution in [2.75, 3.05) is 11.9 Å². The first-order valence-corrected chi connectivity index (χ1v) is 7.31. The second-order valence-electron chi connectivity index (χ2n) is 4.11. The van der Waals surface area contributed by atoms with Crippen LogP contribution in [0.3, 0.4) is 0 Å². The lowest BCUT2D eigenvalue weighted by molar-refractivity contribution is 0.0813. The van der Waals surface area contributed by atoms with E-state index >= 15 is 0 Å². The minimum absolute atomic E-state index is 0.0337. The lowest BCUT2D eigenvalue weighted by Gasteiger charge is -2.18. The molecule has 1 nitrogen and oxygen atoms in total. The number of benzene rings is 2. The molecule has 2 heteroatoms. The second kappa shape index (κ2) is 7.34. The van der Waals surface area contributed by atoms with Crippen LogP contribution >= 0.6 is 15.9 Å². The monoisotopic (exact) mass is 304 g/mol.